The van der Waals surface area contributed by atoms with Gasteiger partial charge in [0, 0.05) is 11.9 Å². The van der Waals surface area contributed by atoms with Gasteiger partial charge in [-0.2, -0.15) is 0 Å². The SMILES string of the molecule is O=C(O)c1cn(-c2ccc3ccccc3c2)cn1. The van der Waals surface area contributed by atoms with Crippen LogP contribution in [0.15, 0.2) is 55.0 Å². The molecule has 0 fully saturated rings. The number of nitrogens with zero attached hydrogens (tertiary/aromatic N) is 2. The van der Waals surface area contributed by atoms with E-state index in [0.29, 0.717) is 0 Å². The smallest absolute Gasteiger partial charge is 0.356 e. The lowest BCUT2D eigenvalue weighted by atomic mass is 10.1. The molecule has 4 heteroatoms. The van der Waals surface area contributed by atoms with Gasteiger partial charge in [0.05, 0.1) is 0 Å². The number of fused-ring (bicyclic) bond motifs is 1. The molecule has 4 nitrogen and oxygen atoms in total. The average Bonchev–Trinajstić information content (AvgIpc) is 2.88. The molecule has 0 bridgehead atoms. The van der Waals surface area contributed by atoms with Gasteiger partial charge in [-0.15, -0.1) is 0 Å². The highest BCUT2D eigenvalue weighted by Crippen LogP contribution is 2.18. The summed E-state index contributed by atoms with van der Waals surface area (Å²) >= 11 is 0. The largest absolute Gasteiger partial charge is 0.476 e. The second kappa shape index (κ2) is 4.00. The van der Waals surface area contributed by atoms with E-state index in [-0.39, 0.29) is 5.69 Å². The van der Waals surface area contributed by atoms with Gasteiger partial charge in [-0.1, -0.05) is 30.3 Å². The number of carboxylic acids is 1. The monoisotopic (exact) mass is 238 g/mol. The third kappa shape index (κ3) is 1.73. The number of hydrogen-bond acceptors (Lipinski definition) is 2. The zero-order valence-corrected chi connectivity index (χ0v) is 9.45. The Kier molecular flexibility index (Phi) is 2.34. The van der Waals surface area contributed by atoms with E-state index in [9.17, 15) is 4.79 Å². The van der Waals surface area contributed by atoms with Crippen molar-refractivity contribution in [2.75, 3.05) is 0 Å². The van der Waals surface area contributed by atoms with Crippen LogP contribution in [-0.2, 0) is 0 Å². The Balaban J connectivity index is 2.10. The Labute approximate surface area is 103 Å². The molecule has 0 spiro atoms. The minimum atomic E-state index is -1.02. The molecule has 1 heterocycles. The van der Waals surface area contributed by atoms with Crippen molar-refractivity contribution in [1.82, 2.24) is 9.55 Å². The molecule has 0 amide bonds. The molecule has 0 aliphatic heterocycles. The molecule has 88 valence electrons. The first-order valence-electron chi connectivity index (χ1n) is 5.50. The van der Waals surface area contributed by atoms with Crippen molar-refractivity contribution in [3.05, 3.63) is 60.7 Å². The van der Waals surface area contributed by atoms with E-state index >= 15 is 0 Å². The maximum absolute atomic E-state index is 10.8. The molecule has 1 N–H and O–H groups in total. The molecule has 0 atom stereocenters. The molecule has 18 heavy (non-hydrogen) atoms. The maximum Gasteiger partial charge on any atom is 0.356 e. The van der Waals surface area contributed by atoms with Crippen LogP contribution >= 0.6 is 0 Å². The number of aromatic carboxylic acids is 1. The van der Waals surface area contributed by atoms with Gasteiger partial charge < -0.3 is 9.67 Å². The van der Waals surface area contributed by atoms with Crippen LogP contribution in [0, 0.1) is 0 Å². The highest BCUT2D eigenvalue weighted by molar-refractivity contribution is 5.86. The molecule has 0 aliphatic rings. The summed E-state index contributed by atoms with van der Waals surface area (Å²) in [4.78, 5) is 14.6. The molecular formula is C14H10N2O2. The number of hydrogen-bond donors (Lipinski definition) is 1. The van der Waals surface area contributed by atoms with Crippen molar-refractivity contribution >= 4 is 16.7 Å². The summed E-state index contributed by atoms with van der Waals surface area (Å²) in [6.45, 7) is 0. The van der Waals surface area contributed by atoms with Crippen LogP contribution in [0.25, 0.3) is 16.5 Å². The second-order valence-electron chi connectivity index (χ2n) is 4.00. The summed E-state index contributed by atoms with van der Waals surface area (Å²) in [5.41, 5.74) is 0.942. The van der Waals surface area contributed by atoms with E-state index in [1.165, 1.54) is 12.5 Å². The van der Waals surface area contributed by atoms with Crippen molar-refractivity contribution in [2.24, 2.45) is 0 Å². The summed E-state index contributed by atoms with van der Waals surface area (Å²) in [6.07, 6.45) is 3.01. The Morgan fingerprint density at radius 1 is 1.11 bits per heavy atom. The van der Waals surface area contributed by atoms with Gasteiger partial charge in [-0.25, -0.2) is 9.78 Å². The van der Waals surface area contributed by atoms with Crippen molar-refractivity contribution in [2.45, 2.75) is 0 Å². The second-order valence-corrected chi connectivity index (χ2v) is 4.00. The van der Waals surface area contributed by atoms with E-state index in [1.807, 2.05) is 42.5 Å². The normalized spacial score (nSPS) is 10.7. The third-order valence-electron chi connectivity index (χ3n) is 2.83. The van der Waals surface area contributed by atoms with Gasteiger partial charge in [0.15, 0.2) is 5.69 Å². The van der Waals surface area contributed by atoms with Crippen molar-refractivity contribution < 1.29 is 9.90 Å². The van der Waals surface area contributed by atoms with Crippen molar-refractivity contribution in [3.63, 3.8) is 0 Å². The highest BCUT2D eigenvalue weighted by atomic mass is 16.4. The van der Waals surface area contributed by atoms with Gasteiger partial charge in [0.25, 0.3) is 0 Å². The third-order valence-corrected chi connectivity index (χ3v) is 2.83. The first-order valence-corrected chi connectivity index (χ1v) is 5.50. The summed E-state index contributed by atoms with van der Waals surface area (Å²) in [6, 6.07) is 14.0. The maximum atomic E-state index is 10.8. The molecule has 3 rings (SSSR count). The number of carboxylic acid groups (broad SMARTS) is 1. The Morgan fingerprint density at radius 3 is 2.61 bits per heavy atom. The van der Waals surface area contributed by atoms with Crippen molar-refractivity contribution in [1.29, 1.82) is 0 Å². The predicted molar refractivity (Wildman–Crippen MR) is 68.0 cm³/mol. The average molecular weight is 238 g/mol. The first-order chi connectivity index (χ1) is 8.74. The van der Waals surface area contributed by atoms with Crippen LogP contribution < -0.4 is 0 Å². The topological polar surface area (TPSA) is 55.1 Å². The zero-order chi connectivity index (χ0) is 12.5. The lowest BCUT2D eigenvalue weighted by Crippen LogP contribution is -1.95. The Hall–Kier alpha value is -2.62. The number of imidazole rings is 1. The molecule has 1 aromatic heterocycles. The summed E-state index contributed by atoms with van der Waals surface area (Å²) in [7, 11) is 0. The fourth-order valence-corrected chi connectivity index (χ4v) is 1.91. The molecule has 0 saturated heterocycles. The summed E-state index contributed by atoms with van der Waals surface area (Å²) < 4.78 is 1.70. The lowest BCUT2D eigenvalue weighted by Gasteiger charge is -2.03. The highest BCUT2D eigenvalue weighted by Gasteiger charge is 2.07. The fourth-order valence-electron chi connectivity index (χ4n) is 1.91. The van der Waals surface area contributed by atoms with Gasteiger partial charge in [-0.3, -0.25) is 0 Å². The molecule has 0 aliphatic carbocycles. The zero-order valence-electron chi connectivity index (χ0n) is 9.45. The lowest BCUT2D eigenvalue weighted by molar-refractivity contribution is 0.0691. The molecule has 0 saturated carbocycles. The van der Waals surface area contributed by atoms with Gasteiger partial charge in [-0.05, 0) is 22.9 Å². The minimum absolute atomic E-state index is 0.0446. The molecular weight excluding hydrogens is 228 g/mol. The molecule has 0 radical (unpaired) electrons. The first kappa shape index (κ1) is 10.5. The Morgan fingerprint density at radius 2 is 1.89 bits per heavy atom. The van der Waals surface area contributed by atoms with Crippen LogP contribution in [0.5, 0.6) is 0 Å². The van der Waals surface area contributed by atoms with Crippen LogP contribution in [0.2, 0.25) is 0 Å². The van der Waals surface area contributed by atoms with E-state index in [4.69, 9.17) is 5.11 Å². The Bertz CT molecular complexity index is 731. The number of benzene rings is 2. The quantitative estimate of drug-likeness (QED) is 0.746. The number of carbonyl (C=O) groups is 1. The van der Waals surface area contributed by atoms with Gasteiger partial charge in [0.1, 0.15) is 6.33 Å². The summed E-state index contributed by atoms with van der Waals surface area (Å²) in [5, 5.41) is 11.1. The van der Waals surface area contributed by atoms with Crippen LogP contribution in [0.4, 0.5) is 0 Å². The van der Waals surface area contributed by atoms with E-state index in [0.717, 1.165) is 16.5 Å². The number of aromatic nitrogens is 2. The predicted octanol–water partition coefficient (Wildman–Crippen LogP) is 2.72. The molecule has 2 aromatic carbocycles. The minimum Gasteiger partial charge on any atom is -0.476 e. The van der Waals surface area contributed by atoms with Gasteiger partial charge in [0.2, 0.25) is 0 Å². The van der Waals surface area contributed by atoms with E-state index in [2.05, 4.69) is 4.98 Å². The van der Waals surface area contributed by atoms with Crippen molar-refractivity contribution in [3.8, 4) is 5.69 Å². The molecule has 3 aromatic rings. The van der Waals surface area contributed by atoms with E-state index < -0.39 is 5.97 Å². The van der Waals surface area contributed by atoms with Crippen LogP contribution in [-0.4, -0.2) is 20.6 Å². The van der Waals surface area contributed by atoms with E-state index in [1.54, 1.807) is 4.57 Å². The van der Waals surface area contributed by atoms with Gasteiger partial charge >= 0.3 is 5.97 Å². The molecule has 0 unspecified atom stereocenters. The summed E-state index contributed by atoms with van der Waals surface area (Å²) in [5.74, 6) is -1.02. The number of rotatable bonds is 2. The standard InChI is InChI=1S/C14H10N2O2/c17-14(18)13-8-16(9-15-13)12-6-5-10-3-1-2-4-11(10)7-12/h1-9H,(H,17,18). The van der Waals surface area contributed by atoms with Crippen LogP contribution in [0.1, 0.15) is 10.5 Å². The van der Waals surface area contributed by atoms with Crippen LogP contribution in [0.3, 0.4) is 0 Å². The fraction of sp³-hybridized carbons (Fsp3) is 0.